The summed E-state index contributed by atoms with van der Waals surface area (Å²) in [5, 5.41) is 34.8. The molecular weight excluding hydrogens is 232 g/mol. The van der Waals surface area contributed by atoms with E-state index in [4.69, 9.17) is 10.2 Å². The van der Waals surface area contributed by atoms with Crippen molar-refractivity contribution in [2.24, 2.45) is 0 Å². The lowest BCUT2D eigenvalue weighted by molar-refractivity contribution is -0.146. The summed E-state index contributed by atoms with van der Waals surface area (Å²) in [7, 11) is 0. The van der Waals surface area contributed by atoms with E-state index >= 15 is 0 Å². The third-order valence-electron chi connectivity index (χ3n) is 1.78. The van der Waals surface area contributed by atoms with Gasteiger partial charge in [-0.25, -0.2) is 9.59 Å². The number of H-pyrrole nitrogens is 1. The first-order valence-electron chi connectivity index (χ1n) is 4.74. The molecule has 2 amide bonds. The fraction of sp³-hybridized carbons (Fsp3) is 0.571. The predicted octanol–water partition coefficient (Wildman–Crippen LogP) is -2.17. The summed E-state index contributed by atoms with van der Waals surface area (Å²) in [5.41, 5.74) is 0. The number of urea groups is 1. The fourth-order valence-corrected chi connectivity index (χ4v) is 0.925. The van der Waals surface area contributed by atoms with Gasteiger partial charge in [0.05, 0.1) is 6.54 Å². The lowest BCUT2D eigenvalue weighted by Gasteiger charge is -2.07. The number of nitrogens with one attached hydrogen (secondary N) is 3. The maximum absolute atomic E-state index is 11.2. The number of amides is 2. The molecule has 1 unspecified atom stereocenters. The van der Waals surface area contributed by atoms with E-state index in [0.29, 0.717) is 5.82 Å². The lowest BCUT2D eigenvalue weighted by Crippen LogP contribution is -2.37. The predicted molar refractivity (Wildman–Crippen MR) is 52.7 cm³/mol. The molecule has 1 aromatic heterocycles. The molecule has 1 rings (SSSR count). The molecule has 0 aromatic carbocycles. The molecule has 17 heavy (non-hydrogen) atoms. The van der Waals surface area contributed by atoms with Crippen molar-refractivity contribution < 1.29 is 19.8 Å². The SMILES string of the molecule is O=C(NCCC(O)C(=O)O)NCc1nn[nH]n1. The molecule has 0 radical (unpaired) electrons. The zero-order valence-electron chi connectivity index (χ0n) is 8.75. The van der Waals surface area contributed by atoms with Gasteiger partial charge in [-0.3, -0.25) is 0 Å². The number of aromatic amines is 1. The van der Waals surface area contributed by atoms with Crippen LogP contribution in [0.25, 0.3) is 0 Å². The number of aliphatic carboxylic acids is 1. The Hall–Kier alpha value is -2.23. The van der Waals surface area contributed by atoms with Crippen molar-refractivity contribution in [3.63, 3.8) is 0 Å². The van der Waals surface area contributed by atoms with E-state index in [1.165, 1.54) is 0 Å². The number of hydrogen-bond acceptors (Lipinski definition) is 6. The Balaban J connectivity index is 2.11. The van der Waals surface area contributed by atoms with Gasteiger partial charge in [-0.15, -0.1) is 10.2 Å². The number of aromatic nitrogens is 4. The van der Waals surface area contributed by atoms with Crippen LogP contribution in [0, 0.1) is 0 Å². The first-order chi connectivity index (χ1) is 8.09. The summed E-state index contributed by atoms with van der Waals surface area (Å²) < 4.78 is 0. The minimum absolute atomic E-state index is 0.0472. The quantitative estimate of drug-likeness (QED) is 0.381. The second-order valence-electron chi connectivity index (χ2n) is 3.08. The zero-order valence-corrected chi connectivity index (χ0v) is 8.75. The number of aliphatic hydroxyl groups excluding tert-OH is 1. The van der Waals surface area contributed by atoms with E-state index in [0.717, 1.165) is 0 Å². The largest absolute Gasteiger partial charge is 0.479 e. The number of rotatable bonds is 6. The topological polar surface area (TPSA) is 153 Å². The van der Waals surface area contributed by atoms with Crippen molar-refractivity contribution in [3.05, 3.63) is 5.82 Å². The Morgan fingerprint density at radius 1 is 1.41 bits per heavy atom. The number of carbonyl (C=O) groups is 2. The lowest BCUT2D eigenvalue weighted by atomic mass is 10.2. The fourth-order valence-electron chi connectivity index (χ4n) is 0.925. The highest BCUT2D eigenvalue weighted by atomic mass is 16.4. The highest BCUT2D eigenvalue weighted by Crippen LogP contribution is 1.89. The molecule has 94 valence electrons. The Bertz CT molecular complexity index is 366. The van der Waals surface area contributed by atoms with Gasteiger partial charge in [-0.1, -0.05) is 5.21 Å². The maximum Gasteiger partial charge on any atom is 0.332 e. The Kier molecular flexibility index (Phi) is 4.81. The summed E-state index contributed by atoms with van der Waals surface area (Å²) in [5.74, 6) is -0.996. The van der Waals surface area contributed by atoms with Crippen LogP contribution in [0.1, 0.15) is 12.2 Å². The third-order valence-corrected chi connectivity index (χ3v) is 1.78. The number of aliphatic hydroxyl groups is 1. The second kappa shape index (κ2) is 6.37. The molecule has 0 bridgehead atoms. The molecule has 10 nitrogen and oxygen atoms in total. The van der Waals surface area contributed by atoms with Gasteiger partial charge in [0, 0.05) is 13.0 Å². The minimum atomic E-state index is -1.48. The maximum atomic E-state index is 11.2. The molecular formula is C7H12N6O4. The summed E-state index contributed by atoms with van der Waals surface area (Å²) in [4.78, 5) is 21.4. The molecule has 1 heterocycles. The second-order valence-corrected chi connectivity index (χ2v) is 3.08. The van der Waals surface area contributed by atoms with Gasteiger partial charge >= 0.3 is 12.0 Å². The van der Waals surface area contributed by atoms with Crippen LogP contribution in [0.5, 0.6) is 0 Å². The summed E-state index contributed by atoms with van der Waals surface area (Å²) >= 11 is 0. The van der Waals surface area contributed by atoms with Gasteiger partial charge in [-0.2, -0.15) is 5.21 Å². The van der Waals surface area contributed by atoms with Crippen LogP contribution in [-0.2, 0) is 11.3 Å². The molecule has 0 aliphatic carbocycles. The van der Waals surface area contributed by atoms with Gasteiger partial charge in [0.2, 0.25) is 0 Å². The zero-order chi connectivity index (χ0) is 12.7. The van der Waals surface area contributed by atoms with Crippen molar-refractivity contribution in [3.8, 4) is 0 Å². The van der Waals surface area contributed by atoms with E-state index in [2.05, 4.69) is 31.3 Å². The number of tetrazole rings is 1. The smallest absolute Gasteiger partial charge is 0.332 e. The molecule has 0 spiro atoms. The van der Waals surface area contributed by atoms with Crippen molar-refractivity contribution in [1.29, 1.82) is 0 Å². The van der Waals surface area contributed by atoms with Crippen LogP contribution in [0.3, 0.4) is 0 Å². The molecule has 1 atom stereocenters. The summed E-state index contributed by atoms with van der Waals surface area (Å²) in [6, 6.07) is -0.507. The molecule has 1 aromatic rings. The first-order valence-corrected chi connectivity index (χ1v) is 4.74. The Labute approximate surface area is 95.4 Å². The number of carbonyl (C=O) groups excluding carboxylic acids is 1. The average molecular weight is 244 g/mol. The van der Waals surface area contributed by atoms with Gasteiger partial charge < -0.3 is 20.8 Å². The van der Waals surface area contributed by atoms with E-state index in [1.54, 1.807) is 0 Å². The molecule has 0 fully saturated rings. The molecule has 0 aliphatic heterocycles. The van der Waals surface area contributed by atoms with Crippen LogP contribution < -0.4 is 10.6 Å². The van der Waals surface area contributed by atoms with Gasteiger partial charge in [0.15, 0.2) is 11.9 Å². The van der Waals surface area contributed by atoms with Crippen molar-refractivity contribution in [2.75, 3.05) is 6.54 Å². The van der Waals surface area contributed by atoms with Gasteiger partial charge in [0.1, 0.15) is 0 Å². The number of hydrogen-bond donors (Lipinski definition) is 5. The van der Waals surface area contributed by atoms with Crippen LogP contribution in [0.4, 0.5) is 4.79 Å². The molecule has 0 saturated heterocycles. The van der Waals surface area contributed by atoms with Gasteiger partial charge in [-0.05, 0) is 0 Å². The van der Waals surface area contributed by atoms with Crippen molar-refractivity contribution >= 4 is 12.0 Å². The third kappa shape index (κ3) is 4.88. The van der Waals surface area contributed by atoms with E-state index < -0.39 is 18.1 Å². The molecule has 0 saturated carbocycles. The van der Waals surface area contributed by atoms with Crippen LogP contribution in [0.2, 0.25) is 0 Å². The summed E-state index contributed by atoms with van der Waals surface area (Å²) in [6.45, 7) is 0.148. The Morgan fingerprint density at radius 2 is 2.18 bits per heavy atom. The number of carboxylic acids is 1. The number of nitrogens with zero attached hydrogens (tertiary/aromatic N) is 3. The standard InChI is InChI=1S/C7H12N6O4/c14-4(6(15)16)1-2-8-7(17)9-3-5-10-12-13-11-5/h4,14H,1-3H2,(H,15,16)(H2,8,9,17)(H,10,11,12,13). The first kappa shape index (κ1) is 12.8. The van der Waals surface area contributed by atoms with Gasteiger partial charge in [0.25, 0.3) is 0 Å². The van der Waals surface area contributed by atoms with E-state index in [9.17, 15) is 9.59 Å². The minimum Gasteiger partial charge on any atom is -0.479 e. The van der Waals surface area contributed by atoms with Crippen molar-refractivity contribution in [1.82, 2.24) is 31.3 Å². The normalized spacial score (nSPS) is 11.8. The number of carboxylic acid groups (broad SMARTS) is 1. The molecule has 5 N–H and O–H groups in total. The highest BCUT2D eigenvalue weighted by Gasteiger charge is 2.12. The monoisotopic (exact) mass is 244 g/mol. The summed E-state index contributed by atoms with van der Waals surface area (Å²) in [6.07, 6.45) is -1.54. The van der Waals surface area contributed by atoms with Crippen molar-refractivity contribution in [2.45, 2.75) is 19.1 Å². The average Bonchev–Trinajstić information content (AvgIpc) is 2.78. The van der Waals surface area contributed by atoms with Crippen LogP contribution in [-0.4, -0.2) is 55.5 Å². The van der Waals surface area contributed by atoms with Crippen LogP contribution >= 0.6 is 0 Å². The molecule has 10 heteroatoms. The van der Waals surface area contributed by atoms with E-state index in [1.807, 2.05) is 0 Å². The molecule has 0 aliphatic rings. The Morgan fingerprint density at radius 3 is 2.76 bits per heavy atom. The highest BCUT2D eigenvalue weighted by molar-refractivity contribution is 5.74. The van der Waals surface area contributed by atoms with Crippen LogP contribution in [0.15, 0.2) is 0 Å². The van der Waals surface area contributed by atoms with E-state index in [-0.39, 0.29) is 19.5 Å².